The maximum Gasteiger partial charge on any atom is 0.317 e. The Morgan fingerprint density at radius 1 is 0.966 bits per heavy atom. The van der Waals surface area contributed by atoms with E-state index >= 15 is 0 Å². The molecule has 0 saturated carbocycles. The molecule has 3 amide bonds. The van der Waals surface area contributed by atoms with E-state index in [1.807, 2.05) is 37.3 Å². The second-order valence-corrected chi connectivity index (χ2v) is 7.82. The molecule has 1 aliphatic rings. The van der Waals surface area contributed by atoms with Gasteiger partial charge in [0, 0.05) is 31.6 Å². The molecule has 5 nitrogen and oxygen atoms in total. The SMILES string of the molecule is CC1(C(=O)NCc2ccc(F)cc2)CCN(C(=O)NCCc2ccccc2)CC1. The van der Waals surface area contributed by atoms with Crippen molar-refractivity contribution in [2.75, 3.05) is 19.6 Å². The van der Waals surface area contributed by atoms with E-state index in [0.29, 0.717) is 39.0 Å². The van der Waals surface area contributed by atoms with Crippen LogP contribution in [-0.2, 0) is 17.8 Å². The highest BCUT2D eigenvalue weighted by molar-refractivity contribution is 5.83. The molecule has 0 unspecified atom stereocenters. The van der Waals surface area contributed by atoms with E-state index in [0.717, 1.165) is 12.0 Å². The third kappa shape index (κ3) is 5.79. The Kier molecular flexibility index (Phi) is 6.86. The fourth-order valence-corrected chi connectivity index (χ4v) is 3.50. The lowest BCUT2D eigenvalue weighted by Gasteiger charge is -2.38. The quantitative estimate of drug-likeness (QED) is 0.784. The standard InChI is InChI=1S/C23H28FN3O2/c1-23(21(28)26-17-19-7-9-20(24)10-8-19)12-15-27(16-13-23)22(29)25-14-11-18-5-3-2-4-6-18/h2-10H,11-17H2,1H3,(H,25,29)(H,26,28). The number of halogens is 1. The molecule has 3 rings (SSSR count). The van der Waals surface area contributed by atoms with Gasteiger partial charge in [0.1, 0.15) is 5.82 Å². The Labute approximate surface area is 171 Å². The Balaban J connectivity index is 1.41. The summed E-state index contributed by atoms with van der Waals surface area (Å²) in [6.07, 6.45) is 2.03. The summed E-state index contributed by atoms with van der Waals surface area (Å²) < 4.78 is 13.0. The van der Waals surface area contributed by atoms with Crippen molar-refractivity contribution in [1.82, 2.24) is 15.5 Å². The van der Waals surface area contributed by atoms with Gasteiger partial charge in [-0.15, -0.1) is 0 Å². The zero-order valence-corrected chi connectivity index (χ0v) is 16.8. The van der Waals surface area contributed by atoms with E-state index in [1.54, 1.807) is 17.0 Å². The summed E-state index contributed by atoms with van der Waals surface area (Å²) in [5.74, 6) is -0.313. The first-order chi connectivity index (χ1) is 14.0. The Bertz CT molecular complexity index is 816. The van der Waals surface area contributed by atoms with Crippen LogP contribution in [0.1, 0.15) is 30.9 Å². The van der Waals surface area contributed by atoms with Crippen LogP contribution in [-0.4, -0.2) is 36.5 Å². The van der Waals surface area contributed by atoms with Gasteiger partial charge >= 0.3 is 6.03 Å². The first kappa shape index (κ1) is 20.8. The van der Waals surface area contributed by atoms with E-state index in [4.69, 9.17) is 0 Å². The van der Waals surface area contributed by atoms with Crippen LogP contribution in [0.4, 0.5) is 9.18 Å². The monoisotopic (exact) mass is 397 g/mol. The Hall–Kier alpha value is -2.89. The van der Waals surface area contributed by atoms with Gasteiger partial charge in [0.05, 0.1) is 0 Å². The molecule has 6 heteroatoms. The van der Waals surface area contributed by atoms with E-state index < -0.39 is 5.41 Å². The predicted molar refractivity (Wildman–Crippen MR) is 111 cm³/mol. The number of likely N-dealkylation sites (tertiary alicyclic amines) is 1. The van der Waals surface area contributed by atoms with Crippen LogP contribution >= 0.6 is 0 Å². The molecule has 2 aromatic rings. The van der Waals surface area contributed by atoms with Crippen molar-refractivity contribution in [2.24, 2.45) is 5.41 Å². The smallest absolute Gasteiger partial charge is 0.317 e. The first-order valence-electron chi connectivity index (χ1n) is 10.1. The second kappa shape index (κ2) is 9.54. The third-order valence-electron chi connectivity index (χ3n) is 5.60. The third-order valence-corrected chi connectivity index (χ3v) is 5.60. The summed E-state index contributed by atoms with van der Waals surface area (Å²) in [4.78, 5) is 26.8. The molecule has 0 atom stereocenters. The van der Waals surface area contributed by atoms with Crippen LogP contribution in [0.15, 0.2) is 54.6 Å². The van der Waals surface area contributed by atoms with Crippen molar-refractivity contribution in [1.29, 1.82) is 0 Å². The van der Waals surface area contributed by atoms with Gasteiger partial charge in [0.25, 0.3) is 0 Å². The van der Waals surface area contributed by atoms with Crippen LogP contribution in [0, 0.1) is 11.2 Å². The minimum atomic E-state index is -0.499. The molecule has 0 spiro atoms. The van der Waals surface area contributed by atoms with Crippen molar-refractivity contribution >= 4 is 11.9 Å². The van der Waals surface area contributed by atoms with Crippen LogP contribution < -0.4 is 10.6 Å². The molecule has 0 aliphatic carbocycles. The van der Waals surface area contributed by atoms with E-state index in [-0.39, 0.29) is 17.8 Å². The summed E-state index contributed by atoms with van der Waals surface area (Å²) in [6, 6.07) is 16.1. The highest BCUT2D eigenvalue weighted by atomic mass is 19.1. The predicted octanol–water partition coefficient (Wildman–Crippen LogP) is 3.50. The van der Waals surface area contributed by atoms with Crippen LogP contribution in [0.3, 0.4) is 0 Å². The average molecular weight is 397 g/mol. The molecule has 29 heavy (non-hydrogen) atoms. The largest absolute Gasteiger partial charge is 0.352 e. The molecule has 2 aromatic carbocycles. The zero-order valence-electron chi connectivity index (χ0n) is 16.8. The maximum absolute atomic E-state index is 13.0. The van der Waals surface area contributed by atoms with E-state index in [1.165, 1.54) is 17.7 Å². The van der Waals surface area contributed by atoms with Crippen molar-refractivity contribution < 1.29 is 14.0 Å². The van der Waals surface area contributed by atoms with Crippen LogP contribution in [0.25, 0.3) is 0 Å². The van der Waals surface area contributed by atoms with Crippen molar-refractivity contribution in [3.63, 3.8) is 0 Å². The van der Waals surface area contributed by atoms with Crippen molar-refractivity contribution in [3.05, 3.63) is 71.5 Å². The van der Waals surface area contributed by atoms with Gasteiger partial charge in [0.2, 0.25) is 5.91 Å². The zero-order chi connectivity index (χ0) is 20.7. The van der Waals surface area contributed by atoms with Gasteiger partial charge in [-0.05, 0) is 42.5 Å². The molecule has 2 N–H and O–H groups in total. The fraction of sp³-hybridized carbons (Fsp3) is 0.391. The number of carbonyl (C=O) groups excluding carboxylic acids is 2. The number of rotatable bonds is 6. The summed E-state index contributed by atoms with van der Waals surface area (Å²) >= 11 is 0. The number of nitrogens with one attached hydrogen (secondary N) is 2. The Morgan fingerprint density at radius 2 is 1.62 bits per heavy atom. The lowest BCUT2D eigenvalue weighted by atomic mass is 9.79. The summed E-state index contributed by atoms with van der Waals surface area (Å²) in [5.41, 5.74) is 1.55. The molecular formula is C23H28FN3O2. The summed E-state index contributed by atoms with van der Waals surface area (Å²) in [5, 5.41) is 5.91. The van der Waals surface area contributed by atoms with Crippen molar-refractivity contribution in [3.8, 4) is 0 Å². The average Bonchev–Trinajstić information content (AvgIpc) is 2.74. The fourth-order valence-electron chi connectivity index (χ4n) is 3.50. The topological polar surface area (TPSA) is 61.4 Å². The Morgan fingerprint density at radius 3 is 2.28 bits per heavy atom. The number of amides is 3. The summed E-state index contributed by atoms with van der Waals surface area (Å²) in [6.45, 7) is 4.01. The molecular weight excluding hydrogens is 369 g/mol. The van der Waals surface area contributed by atoms with E-state index in [2.05, 4.69) is 10.6 Å². The number of nitrogens with zero attached hydrogens (tertiary/aromatic N) is 1. The first-order valence-corrected chi connectivity index (χ1v) is 10.1. The van der Waals surface area contributed by atoms with Crippen molar-refractivity contribution in [2.45, 2.75) is 32.7 Å². The van der Waals surface area contributed by atoms with Gasteiger partial charge in [-0.1, -0.05) is 49.4 Å². The molecule has 1 heterocycles. The number of benzene rings is 2. The maximum atomic E-state index is 13.0. The van der Waals surface area contributed by atoms with Gasteiger partial charge in [-0.3, -0.25) is 4.79 Å². The molecule has 0 aromatic heterocycles. The number of piperidine rings is 1. The number of carbonyl (C=O) groups is 2. The van der Waals surface area contributed by atoms with Gasteiger partial charge < -0.3 is 15.5 Å². The number of urea groups is 1. The number of hydrogen-bond acceptors (Lipinski definition) is 2. The minimum Gasteiger partial charge on any atom is -0.352 e. The highest BCUT2D eigenvalue weighted by Gasteiger charge is 2.37. The second-order valence-electron chi connectivity index (χ2n) is 7.82. The van der Waals surface area contributed by atoms with E-state index in [9.17, 15) is 14.0 Å². The molecule has 0 radical (unpaired) electrons. The minimum absolute atomic E-state index is 0.0223. The lowest BCUT2D eigenvalue weighted by molar-refractivity contribution is -0.132. The van der Waals surface area contributed by atoms with Gasteiger partial charge in [-0.2, -0.15) is 0 Å². The normalized spacial score (nSPS) is 15.6. The van der Waals surface area contributed by atoms with Gasteiger partial charge in [-0.25, -0.2) is 9.18 Å². The molecule has 1 saturated heterocycles. The number of hydrogen-bond donors (Lipinski definition) is 2. The van der Waals surface area contributed by atoms with Crippen LogP contribution in [0.5, 0.6) is 0 Å². The highest BCUT2D eigenvalue weighted by Crippen LogP contribution is 2.31. The molecule has 1 fully saturated rings. The molecule has 1 aliphatic heterocycles. The van der Waals surface area contributed by atoms with Gasteiger partial charge in [0.15, 0.2) is 0 Å². The molecule has 154 valence electrons. The lowest BCUT2D eigenvalue weighted by Crippen LogP contribution is -2.51. The van der Waals surface area contributed by atoms with Crippen LogP contribution in [0.2, 0.25) is 0 Å². The molecule has 0 bridgehead atoms. The summed E-state index contributed by atoms with van der Waals surface area (Å²) in [7, 11) is 0.